The summed E-state index contributed by atoms with van der Waals surface area (Å²) in [6, 6.07) is 16.9. The molecule has 2 N–H and O–H groups in total. The molecule has 0 radical (unpaired) electrons. The number of piperidine rings is 1. The standard InChI is InChI=1S/C20H22N2O3/c1-25-16-9-5-6-14(12-16)13-19(24)21-17-10-11-18(23)22-20(17)15-7-3-2-4-8-15/h2-9,12,17,20H,10-11,13H2,1H3,(H,21,24)(H,22,23)/t17-,20-/m0/s1. The van der Waals surface area contributed by atoms with E-state index in [9.17, 15) is 9.59 Å². The molecule has 130 valence electrons. The molecular formula is C20H22N2O3. The highest BCUT2D eigenvalue weighted by Gasteiger charge is 2.30. The lowest BCUT2D eigenvalue weighted by atomic mass is 9.91. The topological polar surface area (TPSA) is 67.4 Å². The molecule has 1 aliphatic heterocycles. The molecule has 1 heterocycles. The molecule has 1 saturated heterocycles. The normalized spacial score (nSPS) is 19.8. The minimum absolute atomic E-state index is 0.0205. The maximum absolute atomic E-state index is 12.5. The summed E-state index contributed by atoms with van der Waals surface area (Å²) in [4.78, 5) is 24.3. The number of benzene rings is 2. The zero-order valence-electron chi connectivity index (χ0n) is 14.2. The van der Waals surface area contributed by atoms with Crippen LogP contribution in [0.4, 0.5) is 0 Å². The van der Waals surface area contributed by atoms with Gasteiger partial charge in [-0.2, -0.15) is 0 Å². The second-order valence-corrected chi connectivity index (χ2v) is 6.20. The minimum Gasteiger partial charge on any atom is -0.497 e. The van der Waals surface area contributed by atoms with Gasteiger partial charge in [0.25, 0.3) is 0 Å². The van der Waals surface area contributed by atoms with Crippen molar-refractivity contribution in [3.05, 3.63) is 65.7 Å². The lowest BCUT2D eigenvalue weighted by Gasteiger charge is -2.33. The van der Waals surface area contributed by atoms with Gasteiger partial charge in [-0.25, -0.2) is 0 Å². The Morgan fingerprint density at radius 1 is 1.20 bits per heavy atom. The number of rotatable bonds is 5. The van der Waals surface area contributed by atoms with E-state index in [1.807, 2.05) is 54.6 Å². The van der Waals surface area contributed by atoms with Crippen LogP contribution in [0, 0.1) is 0 Å². The van der Waals surface area contributed by atoms with Gasteiger partial charge in [-0.15, -0.1) is 0 Å². The molecule has 5 heteroatoms. The smallest absolute Gasteiger partial charge is 0.224 e. The van der Waals surface area contributed by atoms with Gasteiger partial charge >= 0.3 is 0 Å². The van der Waals surface area contributed by atoms with Gasteiger partial charge in [0, 0.05) is 6.42 Å². The Kier molecular flexibility index (Phi) is 5.33. The van der Waals surface area contributed by atoms with E-state index in [0.29, 0.717) is 12.8 Å². The fraction of sp³-hybridized carbons (Fsp3) is 0.300. The lowest BCUT2D eigenvalue weighted by Crippen LogP contribution is -2.50. The Morgan fingerprint density at radius 3 is 2.76 bits per heavy atom. The molecule has 2 aromatic rings. The van der Waals surface area contributed by atoms with Crippen LogP contribution >= 0.6 is 0 Å². The largest absolute Gasteiger partial charge is 0.497 e. The van der Waals surface area contributed by atoms with Crippen molar-refractivity contribution >= 4 is 11.8 Å². The van der Waals surface area contributed by atoms with Crippen molar-refractivity contribution in [3.8, 4) is 5.75 Å². The summed E-state index contributed by atoms with van der Waals surface area (Å²) in [5, 5.41) is 6.08. The zero-order chi connectivity index (χ0) is 17.6. The summed E-state index contributed by atoms with van der Waals surface area (Å²) in [6.07, 6.45) is 1.34. The number of hydrogen-bond acceptors (Lipinski definition) is 3. The van der Waals surface area contributed by atoms with Crippen LogP contribution in [0.2, 0.25) is 0 Å². The Hall–Kier alpha value is -2.82. The van der Waals surface area contributed by atoms with Crippen LogP contribution in [0.15, 0.2) is 54.6 Å². The number of hydrogen-bond donors (Lipinski definition) is 2. The van der Waals surface area contributed by atoms with E-state index in [1.165, 1.54) is 0 Å². The van der Waals surface area contributed by atoms with Gasteiger partial charge in [-0.1, -0.05) is 42.5 Å². The summed E-state index contributed by atoms with van der Waals surface area (Å²) < 4.78 is 5.19. The number of amides is 2. The second kappa shape index (κ2) is 7.83. The van der Waals surface area contributed by atoms with E-state index in [2.05, 4.69) is 10.6 Å². The van der Waals surface area contributed by atoms with E-state index < -0.39 is 0 Å². The van der Waals surface area contributed by atoms with E-state index in [4.69, 9.17) is 4.74 Å². The van der Waals surface area contributed by atoms with Crippen LogP contribution in [0.25, 0.3) is 0 Å². The number of carbonyl (C=O) groups excluding carboxylic acids is 2. The summed E-state index contributed by atoms with van der Waals surface area (Å²) in [5.41, 5.74) is 1.90. The van der Waals surface area contributed by atoms with Crippen LogP contribution in [0.3, 0.4) is 0 Å². The van der Waals surface area contributed by atoms with Crippen molar-refractivity contribution in [1.29, 1.82) is 0 Å². The van der Waals surface area contributed by atoms with Crippen LogP contribution in [0.1, 0.15) is 30.0 Å². The molecule has 2 amide bonds. The average Bonchev–Trinajstić information content (AvgIpc) is 2.64. The second-order valence-electron chi connectivity index (χ2n) is 6.20. The Balaban J connectivity index is 1.68. The predicted molar refractivity (Wildman–Crippen MR) is 95.2 cm³/mol. The number of ether oxygens (including phenoxy) is 1. The van der Waals surface area contributed by atoms with E-state index >= 15 is 0 Å². The maximum atomic E-state index is 12.5. The summed E-state index contributed by atoms with van der Waals surface area (Å²) >= 11 is 0. The molecule has 2 atom stereocenters. The fourth-order valence-electron chi connectivity index (χ4n) is 3.16. The van der Waals surface area contributed by atoms with E-state index in [0.717, 1.165) is 16.9 Å². The zero-order valence-corrected chi connectivity index (χ0v) is 14.2. The SMILES string of the molecule is COc1cccc(CC(=O)N[C@H]2CCC(=O)N[C@H]2c2ccccc2)c1. The molecule has 25 heavy (non-hydrogen) atoms. The van der Waals surface area contributed by atoms with Crippen LogP contribution in [-0.2, 0) is 16.0 Å². The molecule has 0 aliphatic carbocycles. The van der Waals surface area contributed by atoms with Gasteiger partial charge in [-0.3, -0.25) is 9.59 Å². The molecule has 0 aromatic heterocycles. The first-order chi connectivity index (χ1) is 12.2. The highest BCUT2D eigenvalue weighted by Crippen LogP contribution is 2.24. The molecule has 1 fully saturated rings. The van der Waals surface area contributed by atoms with Gasteiger partial charge < -0.3 is 15.4 Å². The molecule has 0 unspecified atom stereocenters. The van der Waals surface area contributed by atoms with E-state index in [-0.39, 0.29) is 30.3 Å². The average molecular weight is 338 g/mol. The molecule has 0 bridgehead atoms. The van der Waals surface area contributed by atoms with Gasteiger partial charge in [-0.05, 0) is 29.7 Å². The first kappa shape index (κ1) is 17.0. The molecule has 2 aromatic carbocycles. The third-order valence-electron chi connectivity index (χ3n) is 4.41. The summed E-state index contributed by atoms with van der Waals surface area (Å²) in [7, 11) is 1.61. The van der Waals surface area contributed by atoms with Crippen LogP contribution < -0.4 is 15.4 Å². The third kappa shape index (κ3) is 4.38. The Bertz CT molecular complexity index is 746. The Morgan fingerprint density at radius 2 is 2.00 bits per heavy atom. The summed E-state index contributed by atoms with van der Waals surface area (Å²) in [6.45, 7) is 0. The van der Waals surface area contributed by atoms with Crippen molar-refractivity contribution in [2.45, 2.75) is 31.3 Å². The molecule has 1 aliphatic rings. The van der Waals surface area contributed by atoms with Gasteiger partial charge in [0.15, 0.2) is 0 Å². The lowest BCUT2D eigenvalue weighted by molar-refractivity contribution is -0.126. The van der Waals surface area contributed by atoms with Crippen molar-refractivity contribution in [1.82, 2.24) is 10.6 Å². The van der Waals surface area contributed by atoms with Crippen molar-refractivity contribution in [3.63, 3.8) is 0 Å². The molecule has 0 spiro atoms. The quantitative estimate of drug-likeness (QED) is 0.879. The Labute approximate surface area is 147 Å². The van der Waals surface area contributed by atoms with Crippen LogP contribution in [-0.4, -0.2) is 25.0 Å². The van der Waals surface area contributed by atoms with E-state index in [1.54, 1.807) is 7.11 Å². The number of carbonyl (C=O) groups is 2. The predicted octanol–water partition coefficient (Wildman–Crippen LogP) is 2.37. The molecule has 0 saturated carbocycles. The van der Waals surface area contributed by atoms with Crippen LogP contribution in [0.5, 0.6) is 5.75 Å². The highest BCUT2D eigenvalue weighted by atomic mass is 16.5. The van der Waals surface area contributed by atoms with Crippen molar-refractivity contribution < 1.29 is 14.3 Å². The minimum atomic E-state index is -0.197. The fourth-order valence-corrected chi connectivity index (χ4v) is 3.16. The maximum Gasteiger partial charge on any atom is 0.224 e. The monoisotopic (exact) mass is 338 g/mol. The van der Waals surface area contributed by atoms with Gasteiger partial charge in [0.2, 0.25) is 11.8 Å². The molecule has 3 rings (SSSR count). The first-order valence-corrected chi connectivity index (χ1v) is 8.42. The number of nitrogens with one attached hydrogen (secondary N) is 2. The molecule has 5 nitrogen and oxygen atoms in total. The first-order valence-electron chi connectivity index (χ1n) is 8.42. The van der Waals surface area contributed by atoms with Gasteiger partial charge in [0.1, 0.15) is 5.75 Å². The third-order valence-corrected chi connectivity index (χ3v) is 4.41. The van der Waals surface area contributed by atoms with Crippen molar-refractivity contribution in [2.75, 3.05) is 7.11 Å². The number of methoxy groups -OCH3 is 1. The van der Waals surface area contributed by atoms with Gasteiger partial charge in [0.05, 0.1) is 25.6 Å². The molecular weight excluding hydrogens is 316 g/mol. The highest BCUT2D eigenvalue weighted by molar-refractivity contribution is 5.81. The summed E-state index contributed by atoms with van der Waals surface area (Å²) in [5.74, 6) is 0.694. The van der Waals surface area contributed by atoms with Crippen molar-refractivity contribution in [2.24, 2.45) is 0 Å².